The Bertz CT molecular complexity index is 773. The number of carbonyl (C=O) groups is 2. The average Bonchev–Trinajstić information content (AvgIpc) is 3.23. The highest BCUT2D eigenvalue weighted by atomic mass is 32.2. The van der Waals surface area contributed by atoms with Crippen LogP contribution in [-0.4, -0.2) is 55.4 Å². The number of hydrogen-bond acceptors (Lipinski definition) is 6. The topological polar surface area (TPSA) is 93.0 Å². The molecule has 1 aliphatic rings. The monoisotopic (exact) mass is 360 g/mol. The first-order chi connectivity index (χ1) is 12.0. The van der Waals surface area contributed by atoms with Crippen molar-refractivity contribution < 1.29 is 9.59 Å². The summed E-state index contributed by atoms with van der Waals surface area (Å²) in [7, 11) is 0. The summed E-state index contributed by atoms with van der Waals surface area (Å²) in [6.45, 7) is 6.90. The van der Waals surface area contributed by atoms with Crippen LogP contribution in [0.2, 0.25) is 0 Å². The van der Waals surface area contributed by atoms with Crippen molar-refractivity contribution >= 4 is 23.7 Å². The Morgan fingerprint density at radius 1 is 1.24 bits per heavy atom. The lowest BCUT2D eigenvalue weighted by Crippen LogP contribution is -2.39. The van der Waals surface area contributed by atoms with Gasteiger partial charge in [-0.05, 0) is 41.0 Å². The fourth-order valence-corrected chi connectivity index (χ4v) is 3.39. The quantitative estimate of drug-likeness (QED) is 0.818. The third-order valence-corrected chi connectivity index (χ3v) is 5.02. The van der Waals surface area contributed by atoms with Crippen molar-refractivity contribution in [2.75, 3.05) is 13.1 Å². The third kappa shape index (κ3) is 3.65. The van der Waals surface area contributed by atoms with Gasteiger partial charge in [-0.3, -0.25) is 9.69 Å². The molecule has 3 amide bonds. The number of thioether (sulfide) groups is 1. The lowest BCUT2D eigenvalue weighted by atomic mass is 10.0. The third-order valence-electron chi connectivity index (χ3n) is 4.00. The number of carbonyl (C=O) groups excluding carboxylic acids is 2. The number of amides is 3. The van der Waals surface area contributed by atoms with E-state index >= 15 is 0 Å². The predicted octanol–water partition coefficient (Wildman–Crippen LogP) is 1.82. The van der Waals surface area contributed by atoms with Crippen LogP contribution in [0.15, 0.2) is 29.4 Å². The number of tetrazole rings is 1. The van der Waals surface area contributed by atoms with Crippen molar-refractivity contribution in [2.45, 2.75) is 37.1 Å². The maximum absolute atomic E-state index is 12.4. The van der Waals surface area contributed by atoms with E-state index in [2.05, 4.69) is 34.7 Å². The van der Waals surface area contributed by atoms with Crippen molar-refractivity contribution in [3.8, 4) is 5.69 Å². The van der Waals surface area contributed by atoms with Gasteiger partial charge in [-0.1, -0.05) is 37.7 Å². The number of aromatic nitrogens is 4. The van der Waals surface area contributed by atoms with Gasteiger partial charge in [-0.2, -0.15) is 4.68 Å². The van der Waals surface area contributed by atoms with Crippen LogP contribution in [-0.2, 0) is 4.79 Å². The van der Waals surface area contributed by atoms with Gasteiger partial charge in [0.05, 0.1) is 10.9 Å². The first kappa shape index (κ1) is 17.4. The van der Waals surface area contributed by atoms with Gasteiger partial charge in [0, 0.05) is 13.1 Å². The van der Waals surface area contributed by atoms with Crippen molar-refractivity contribution in [1.29, 1.82) is 0 Å². The summed E-state index contributed by atoms with van der Waals surface area (Å²) >= 11 is 1.23. The molecule has 2 aromatic rings. The van der Waals surface area contributed by atoms with Gasteiger partial charge in [0.15, 0.2) is 0 Å². The van der Waals surface area contributed by atoms with E-state index in [1.54, 1.807) is 11.6 Å². The summed E-state index contributed by atoms with van der Waals surface area (Å²) in [6.07, 6.45) is 0. The molecule has 1 saturated heterocycles. The van der Waals surface area contributed by atoms with Gasteiger partial charge in [-0.15, -0.1) is 5.10 Å². The van der Waals surface area contributed by atoms with E-state index in [9.17, 15) is 9.59 Å². The summed E-state index contributed by atoms with van der Waals surface area (Å²) in [5.41, 5.74) is 2.06. The van der Waals surface area contributed by atoms with Gasteiger partial charge in [0.1, 0.15) is 0 Å². The summed E-state index contributed by atoms with van der Waals surface area (Å²) in [6, 6.07) is 7.64. The molecule has 0 unspecified atom stereocenters. The largest absolute Gasteiger partial charge is 0.336 e. The molecule has 0 aliphatic carbocycles. The van der Waals surface area contributed by atoms with E-state index in [1.165, 1.54) is 22.2 Å². The fourth-order valence-electron chi connectivity index (χ4n) is 2.52. The highest BCUT2D eigenvalue weighted by Gasteiger charge is 2.31. The SMILES string of the molecule is CC(C)c1ccc(-n2nnnc2S[C@H](C)C(=O)N2CCNC2=O)cc1. The van der Waals surface area contributed by atoms with Crippen LogP contribution in [0.5, 0.6) is 0 Å². The number of nitrogens with one attached hydrogen (secondary N) is 1. The van der Waals surface area contributed by atoms with Gasteiger partial charge in [-0.25, -0.2) is 4.79 Å². The molecule has 3 rings (SSSR count). The zero-order chi connectivity index (χ0) is 18.0. The lowest BCUT2D eigenvalue weighted by molar-refractivity contribution is -0.126. The summed E-state index contributed by atoms with van der Waals surface area (Å²) in [4.78, 5) is 25.3. The average molecular weight is 360 g/mol. The first-order valence-corrected chi connectivity index (χ1v) is 9.00. The molecular formula is C16H20N6O2S. The van der Waals surface area contributed by atoms with Crippen LogP contribution in [0.4, 0.5) is 4.79 Å². The zero-order valence-electron chi connectivity index (χ0n) is 14.3. The Balaban J connectivity index is 1.75. The lowest BCUT2D eigenvalue weighted by Gasteiger charge is -2.17. The number of nitrogens with zero attached hydrogens (tertiary/aromatic N) is 5. The minimum Gasteiger partial charge on any atom is -0.336 e. The zero-order valence-corrected chi connectivity index (χ0v) is 15.2. The second-order valence-corrected chi connectivity index (χ2v) is 7.41. The Labute approximate surface area is 150 Å². The van der Waals surface area contributed by atoms with E-state index in [4.69, 9.17) is 0 Å². The standard InChI is InChI=1S/C16H20N6O2S/c1-10(2)12-4-6-13(7-5-12)22-16(18-19-20-22)25-11(3)14(23)21-9-8-17-15(21)24/h4-7,10-11H,8-9H2,1-3H3,(H,17,24)/t11-/m1/s1. The number of hydrogen-bond donors (Lipinski definition) is 1. The predicted molar refractivity (Wildman–Crippen MR) is 93.7 cm³/mol. The molecular weight excluding hydrogens is 340 g/mol. The number of rotatable bonds is 5. The highest BCUT2D eigenvalue weighted by molar-refractivity contribution is 8.00. The Hall–Kier alpha value is -2.42. The van der Waals surface area contributed by atoms with Crippen LogP contribution in [0.25, 0.3) is 5.69 Å². The van der Waals surface area contributed by atoms with E-state index < -0.39 is 5.25 Å². The van der Waals surface area contributed by atoms with Crippen LogP contribution >= 0.6 is 11.8 Å². The molecule has 8 nitrogen and oxygen atoms in total. The normalized spacial score (nSPS) is 15.5. The number of urea groups is 1. The van der Waals surface area contributed by atoms with Crippen molar-refractivity contribution in [3.63, 3.8) is 0 Å². The molecule has 1 aromatic carbocycles. The maximum Gasteiger partial charge on any atom is 0.324 e. The van der Waals surface area contributed by atoms with E-state index in [-0.39, 0.29) is 11.9 Å². The molecule has 2 heterocycles. The molecule has 0 saturated carbocycles. The maximum atomic E-state index is 12.4. The molecule has 0 bridgehead atoms. The smallest absolute Gasteiger partial charge is 0.324 e. The van der Waals surface area contributed by atoms with Crippen LogP contribution in [0.1, 0.15) is 32.3 Å². The molecule has 132 valence electrons. The molecule has 1 aliphatic heterocycles. The second-order valence-electron chi connectivity index (χ2n) is 6.10. The molecule has 1 N–H and O–H groups in total. The molecule has 0 radical (unpaired) electrons. The molecule has 0 spiro atoms. The summed E-state index contributed by atoms with van der Waals surface area (Å²) < 4.78 is 1.60. The number of benzene rings is 1. The molecule has 25 heavy (non-hydrogen) atoms. The summed E-state index contributed by atoms with van der Waals surface area (Å²) in [5.74, 6) is 0.200. The molecule has 1 atom stereocenters. The van der Waals surface area contributed by atoms with Gasteiger partial charge in [0.2, 0.25) is 11.1 Å². The van der Waals surface area contributed by atoms with E-state index in [0.29, 0.717) is 24.2 Å². The van der Waals surface area contributed by atoms with Crippen molar-refractivity contribution in [3.05, 3.63) is 29.8 Å². The van der Waals surface area contributed by atoms with Gasteiger partial charge >= 0.3 is 6.03 Å². The Kier molecular flexibility index (Phi) is 5.03. The highest BCUT2D eigenvalue weighted by Crippen LogP contribution is 2.25. The van der Waals surface area contributed by atoms with Crippen LogP contribution in [0, 0.1) is 0 Å². The minimum absolute atomic E-state index is 0.246. The van der Waals surface area contributed by atoms with Gasteiger partial charge < -0.3 is 5.32 Å². The Morgan fingerprint density at radius 2 is 1.96 bits per heavy atom. The van der Waals surface area contributed by atoms with Crippen molar-refractivity contribution in [2.24, 2.45) is 0 Å². The molecule has 1 fully saturated rings. The molecule has 1 aromatic heterocycles. The Morgan fingerprint density at radius 3 is 2.56 bits per heavy atom. The number of imide groups is 1. The van der Waals surface area contributed by atoms with E-state index in [0.717, 1.165) is 5.69 Å². The van der Waals surface area contributed by atoms with Crippen LogP contribution < -0.4 is 5.32 Å². The first-order valence-electron chi connectivity index (χ1n) is 8.12. The summed E-state index contributed by atoms with van der Waals surface area (Å²) in [5, 5.41) is 14.4. The van der Waals surface area contributed by atoms with Gasteiger partial charge in [0.25, 0.3) is 0 Å². The minimum atomic E-state index is -0.469. The van der Waals surface area contributed by atoms with E-state index in [1.807, 2.05) is 24.3 Å². The molecule has 9 heteroatoms. The second kappa shape index (κ2) is 7.22. The van der Waals surface area contributed by atoms with Crippen LogP contribution in [0.3, 0.4) is 0 Å². The van der Waals surface area contributed by atoms with Crippen molar-refractivity contribution in [1.82, 2.24) is 30.4 Å². The fraction of sp³-hybridized carbons (Fsp3) is 0.438.